The van der Waals surface area contributed by atoms with Crippen LogP contribution in [-0.4, -0.2) is 42.7 Å². The van der Waals surface area contributed by atoms with E-state index in [-0.39, 0.29) is 47.3 Å². The van der Waals surface area contributed by atoms with Gasteiger partial charge in [-0.2, -0.15) is 18.3 Å². The molecule has 1 saturated heterocycles. The zero-order chi connectivity index (χ0) is 27.9. The van der Waals surface area contributed by atoms with E-state index in [4.69, 9.17) is 4.74 Å². The van der Waals surface area contributed by atoms with Gasteiger partial charge in [0.2, 0.25) is 5.92 Å². The Morgan fingerprint density at radius 3 is 2.36 bits per heavy atom. The van der Waals surface area contributed by atoms with Crippen LogP contribution in [-0.2, 0) is 10.9 Å². The third-order valence-corrected chi connectivity index (χ3v) is 6.68. The second kappa shape index (κ2) is 10.2. The molecule has 206 valence electrons. The number of benzene rings is 1. The van der Waals surface area contributed by atoms with Crippen molar-refractivity contribution in [1.29, 1.82) is 0 Å². The molecule has 7 nitrogen and oxygen atoms in total. The lowest BCUT2D eigenvalue weighted by Gasteiger charge is -2.28. The molecule has 1 aromatic carbocycles. The molecule has 13 heteroatoms. The van der Waals surface area contributed by atoms with Crippen LogP contribution in [0.15, 0.2) is 30.6 Å². The van der Waals surface area contributed by atoms with Crippen molar-refractivity contribution in [2.45, 2.75) is 63.7 Å². The van der Waals surface area contributed by atoms with Crippen molar-refractivity contribution in [2.24, 2.45) is 0 Å². The van der Waals surface area contributed by atoms with Gasteiger partial charge in [-0.3, -0.25) is 5.10 Å². The van der Waals surface area contributed by atoms with Crippen molar-refractivity contribution in [2.75, 3.05) is 6.61 Å². The number of H-pyrrole nitrogens is 1. The highest BCUT2D eigenvalue weighted by atomic mass is 19.4. The van der Waals surface area contributed by atoms with Crippen LogP contribution in [0.4, 0.5) is 26.3 Å². The molecule has 2 unspecified atom stereocenters. The molecule has 0 bridgehead atoms. The van der Waals surface area contributed by atoms with E-state index in [1.807, 2.05) is 0 Å². The molecule has 6 rings (SSSR count). The second-order valence-corrected chi connectivity index (χ2v) is 9.66. The molecule has 4 heterocycles. The van der Waals surface area contributed by atoms with E-state index in [2.05, 4.69) is 30.1 Å². The number of aryl methyl sites for hydroxylation is 2. The van der Waals surface area contributed by atoms with Gasteiger partial charge in [-0.15, -0.1) is 0 Å². The van der Waals surface area contributed by atoms with E-state index in [1.54, 1.807) is 26.2 Å². The molecular weight excluding hydrogens is 526 g/mol. The number of rotatable bonds is 3. The fourth-order valence-electron chi connectivity index (χ4n) is 4.18. The van der Waals surface area contributed by atoms with Gasteiger partial charge in [-0.25, -0.2) is 33.1 Å². The van der Waals surface area contributed by atoms with Crippen LogP contribution in [0, 0.1) is 19.7 Å². The smallest absolute Gasteiger partial charge is 0.373 e. The quantitative estimate of drug-likeness (QED) is 0.288. The van der Waals surface area contributed by atoms with E-state index < -0.39 is 23.5 Å². The number of halogens is 6. The van der Waals surface area contributed by atoms with Crippen molar-refractivity contribution in [3.63, 3.8) is 0 Å². The van der Waals surface area contributed by atoms with Gasteiger partial charge < -0.3 is 4.74 Å². The van der Waals surface area contributed by atoms with Gasteiger partial charge in [0.05, 0.1) is 29.3 Å². The molecule has 0 spiro atoms. The van der Waals surface area contributed by atoms with Gasteiger partial charge in [-0.05, 0) is 44.9 Å². The Morgan fingerprint density at radius 2 is 1.74 bits per heavy atom. The molecule has 0 amide bonds. The van der Waals surface area contributed by atoms with Crippen molar-refractivity contribution in [1.82, 2.24) is 30.1 Å². The summed E-state index contributed by atoms with van der Waals surface area (Å²) in [5, 5.41) is 6.73. The van der Waals surface area contributed by atoms with Crippen molar-refractivity contribution in [3.8, 4) is 11.3 Å². The summed E-state index contributed by atoms with van der Waals surface area (Å²) in [6.45, 7) is 3.99. The molecular formula is C26H24F6N6O. The summed E-state index contributed by atoms with van der Waals surface area (Å²) in [4.78, 5) is 18.2. The average Bonchev–Trinajstić information content (AvgIpc) is 3.34. The van der Waals surface area contributed by atoms with Gasteiger partial charge in [0.15, 0.2) is 5.65 Å². The minimum absolute atomic E-state index is 0.0855. The number of alkyl halides is 5. The predicted molar refractivity (Wildman–Crippen MR) is 128 cm³/mol. The standard InChI is InChI=1S/C23H20F4N6O.C3H4F2/c1-11-12(2)31-22-20(30-11)19(16-4-3-15(8-17(16)24)23(25,26)27)32-21(33-22)13-5-6-34-18(7-13)14-9-28-29-10-14;4-3(5)1-2-3/h3-4,8-10,13,18H,5-7H2,1-2H3,(H,28,29);1-2H2. The number of ether oxygens (including phenoxy) is 1. The van der Waals surface area contributed by atoms with Gasteiger partial charge in [0, 0.05) is 42.7 Å². The summed E-state index contributed by atoms with van der Waals surface area (Å²) in [6, 6.07) is 2.39. The van der Waals surface area contributed by atoms with Gasteiger partial charge in [0.25, 0.3) is 0 Å². The Bertz CT molecular complexity index is 1480. The third-order valence-electron chi connectivity index (χ3n) is 6.68. The first-order valence-corrected chi connectivity index (χ1v) is 12.3. The second-order valence-electron chi connectivity index (χ2n) is 9.66. The van der Waals surface area contributed by atoms with Gasteiger partial charge >= 0.3 is 6.18 Å². The van der Waals surface area contributed by atoms with E-state index in [0.717, 1.165) is 17.7 Å². The fourth-order valence-corrected chi connectivity index (χ4v) is 4.18. The van der Waals surface area contributed by atoms with Crippen LogP contribution in [0.25, 0.3) is 22.4 Å². The molecule has 3 aromatic heterocycles. The van der Waals surface area contributed by atoms with Crippen LogP contribution in [0.1, 0.15) is 66.0 Å². The Balaban J connectivity index is 0.000000555. The van der Waals surface area contributed by atoms with E-state index in [9.17, 15) is 26.3 Å². The van der Waals surface area contributed by atoms with Crippen LogP contribution in [0.2, 0.25) is 0 Å². The Kier molecular flexibility index (Phi) is 7.04. The zero-order valence-electron chi connectivity index (χ0n) is 21.0. The number of nitrogens with zero attached hydrogens (tertiary/aromatic N) is 5. The first kappa shape index (κ1) is 27.0. The number of hydrogen-bond donors (Lipinski definition) is 1. The first-order valence-electron chi connectivity index (χ1n) is 12.3. The highest BCUT2D eigenvalue weighted by molar-refractivity contribution is 5.87. The maximum atomic E-state index is 15.0. The fraction of sp³-hybridized carbons (Fsp3) is 0.423. The summed E-state index contributed by atoms with van der Waals surface area (Å²) >= 11 is 0. The molecule has 1 saturated carbocycles. The highest BCUT2D eigenvalue weighted by Crippen LogP contribution is 2.41. The van der Waals surface area contributed by atoms with Crippen molar-refractivity contribution in [3.05, 3.63) is 64.7 Å². The minimum Gasteiger partial charge on any atom is -0.373 e. The molecule has 0 radical (unpaired) electrons. The number of nitrogens with one attached hydrogen (secondary N) is 1. The van der Waals surface area contributed by atoms with Crippen LogP contribution >= 0.6 is 0 Å². The lowest BCUT2D eigenvalue weighted by molar-refractivity contribution is -0.137. The van der Waals surface area contributed by atoms with E-state index >= 15 is 0 Å². The normalized spacial score (nSPS) is 20.4. The van der Waals surface area contributed by atoms with Gasteiger partial charge in [-0.1, -0.05) is 0 Å². The minimum atomic E-state index is -4.66. The molecule has 39 heavy (non-hydrogen) atoms. The van der Waals surface area contributed by atoms with Crippen molar-refractivity contribution >= 4 is 11.2 Å². The monoisotopic (exact) mass is 550 g/mol. The van der Waals surface area contributed by atoms with Crippen LogP contribution in [0.3, 0.4) is 0 Å². The summed E-state index contributed by atoms with van der Waals surface area (Å²) < 4.78 is 82.3. The highest BCUT2D eigenvalue weighted by Gasteiger charge is 2.43. The lowest BCUT2D eigenvalue weighted by Crippen LogP contribution is -2.20. The average molecular weight is 551 g/mol. The molecule has 1 aliphatic heterocycles. The molecule has 1 N–H and O–H groups in total. The summed E-state index contributed by atoms with van der Waals surface area (Å²) in [5.41, 5.74) is 1.62. The van der Waals surface area contributed by atoms with Crippen LogP contribution < -0.4 is 0 Å². The summed E-state index contributed by atoms with van der Waals surface area (Å²) in [6.07, 6.45) is 0.0133. The van der Waals surface area contributed by atoms with E-state index in [0.29, 0.717) is 42.7 Å². The van der Waals surface area contributed by atoms with Gasteiger partial charge in [0.1, 0.15) is 22.9 Å². The maximum absolute atomic E-state index is 15.0. The van der Waals surface area contributed by atoms with Crippen LogP contribution in [0.5, 0.6) is 0 Å². The Morgan fingerprint density at radius 1 is 1.03 bits per heavy atom. The maximum Gasteiger partial charge on any atom is 0.416 e. The summed E-state index contributed by atoms with van der Waals surface area (Å²) in [7, 11) is 0. The molecule has 2 atom stereocenters. The number of hydrogen-bond acceptors (Lipinski definition) is 6. The largest absolute Gasteiger partial charge is 0.416 e. The molecule has 4 aromatic rings. The summed E-state index contributed by atoms with van der Waals surface area (Å²) in [5.74, 6) is -2.99. The SMILES string of the molecule is Cc1nc2nc(C3CCOC(c4cn[nH]c4)C3)nc(-c3ccc(C(F)(F)F)cc3F)c2nc1C.FC1(F)CC1. The van der Waals surface area contributed by atoms with E-state index in [1.165, 1.54) is 0 Å². The zero-order valence-corrected chi connectivity index (χ0v) is 21.0. The Labute approximate surface area is 219 Å². The van der Waals surface area contributed by atoms with Crippen molar-refractivity contribution < 1.29 is 31.1 Å². The molecule has 2 aliphatic rings. The Hall–Kier alpha value is -3.61. The number of fused-ring (bicyclic) bond motifs is 1. The molecule has 1 aliphatic carbocycles. The topological polar surface area (TPSA) is 89.5 Å². The first-order chi connectivity index (χ1) is 18.4. The number of aromatic nitrogens is 6. The third kappa shape index (κ3) is 6.02. The molecule has 2 fully saturated rings. The lowest BCUT2D eigenvalue weighted by atomic mass is 9.92. The number of aromatic amines is 1. The predicted octanol–water partition coefficient (Wildman–Crippen LogP) is 6.64.